The van der Waals surface area contributed by atoms with Crippen LogP contribution >= 0.6 is 11.3 Å². The molecule has 8 nitrogen and oxygen atoms in total. The van der Waals surface area contributed by atoms with Crippen LogP contribution in [0.15, 0.2) is 83.9 Å². The summed E-state index contributed by atoms with van der Waals surface area (Å²) < 4.78 is 29.7. The van der Waals surface area contributed by atoms with E-state index in [0.29, 0.717) is 22.7 Å². The van der Waals surface area contributed by atoms with Gasteiger partial charge in [-0.1, -0.05) is 36.4 Å². The number of hydrogen-bond acceptors (Lipinski definition) is 6. The second-order valence-corrected chi connectivity index (χ2v) is 12.4. The van der Waals surface area contributed by atoms with Gasteiger partial charge in [0, 0.05) is 47.8 Å². The highest BCUT2D eigenvalue weighted by Crippen LogP contribution is 2.37. The van der Waals surface area contributed by atoms with Gasteiger partial charge in [0.15, 0.2) is 0 Å². The molecule has 198 valence electrons. The Hall–Kier alpha value is -3.73. The Bertz CT molecular complexity index is 1510. The van der Waals surface area contributed by atoms with Crippen molar-refractivity contribution in [3.05, 3.63) is 84.6 Å². The maximum absolute atomic E-state index is 13.5. The summed E-state index contributed by atoms with van der Waals surface area (Å²) in [5.41, 5.74) is 3.06. The molecule has 0 atom stereocenters. The number of hydrogen-bond donors (Lipinski definition) is 4. The number of anilines is 2. The number of rotatable bonds is 8. The molecule has 4 N–H and O–H groups in total. The summed E-state index contributed by atoms with van der Waals surface area (Å²) in [7, 11) is -2.07. The number of amides is 2. The molecular formula is C28H31N5O3S2. The van der Waals surface area contributed by atoms with Crippen LogP contribution in [0.25, 0.3) is 21.0 Å². The summed E-state index contributed by atoms with van der Waals surface area (Å²) in [4.78, 5) is 17.8. The van der Waals surface area contributed by atoms with Crippen LogP contribution in [-0.4, -0.2) is 32.0 Å². The topological polar surface area (TPSA) is 112 Å². The molecule has 0 unspecified atom stereocenters. The molecule has 4 aromatic rings. The molecule has 0 spiro atoms. The predicted molar refractivity (Wildman–Crippen MR) is 155 cm³/mol. The van der Waals surface area contributed by atoms with Crippen molar-refractivity contribution in [3.63, 3.8) is 0 Å². The molecule has 38 heavy (non-hydrogen) atoms. The summed E-state index contributed by atoms with van der Waals surface area (Å²) in [5.74, 6) is 0. The molecule has 0 bridgehead atoms. The summed E-state index contributed by atoms with van der Waals surface area (Å²) in [5, 5.41) is 9.40. The first-order valence-corrected chi connectivity index (χ1v) is 14.4. The van der Waals surface area contributed by atoms with E-state index in [9.17, 15) is 13.2 Å². The van der Waals surface area contributed by atoms with Crippen molar-refractivity contribution in [2.75, 3.05) is 17.7 Å². The number of sulfonamides is 1. The van der Waals surface area contributed by atoms with Gasteiger partial charge in [0.2, 0.25) is 10.0 Å². The van der Waals surface area contributed by atoms with E-state index in [-0.39, 0.29) is 4.90 Å². The van der Waals surface area contributed by atoms with Crippen molar-refractivity contribution in [1.82, 2.24) is 15.0 Å². The molecule has 3 aromatic carbocycles. The van der Waals surface area contributed by atoms with Crippen LogP contribution in [0, 0.1) is 0 Å². The van der Waals surface area contributed by atoms with E-state index in [2.05, 4.69) is 25.7 Å². The van der Waals surface area contributed by atoms with Crippen LogP contribution < -0.4 is 20.7 Å². The molecule has 10 heteroatoms. The third kappa shape index (κ3) is 6.97. The number of carbonyl (C=O) groups excluding carboxylic acids is 1. The average Bonchev–Trinajstić information content (AvgIpc) is 3.37. The fourth-order valence-corrected chi connectivity index (χ4v) is 6.44. The smallest absolute Gasteiger partial charge is 0.319 e. The zero-order chi connectivity index (χ0) is 27.3. The SMILES string of the molecule is CNc1ccc(-c2ncc(-c3ccc(NC(=O)NCc4ccccc4)cc3S(=O)(=O)NC(C)(C)C)s2)cc1. The molecule has 0 saturated heterocycles. The second-order valence-electron chi connectivity index (χ2n) is 9.72. The fraction of sp³-hybridized carbons (Fsp3) is 0.214. The summed E-state index contributed by atoms with van der Waals surface area (Å²) in [6.07, 6.45) is 1.68. The highest BCUT2D eigenvalue weighted by atomic mass is 32.2. The van der Waals surface area contributed by atoms with E-state index >= 15 is 0 Å². The normalized spacial score (nSPS) is 11.7. The first-order valence-electron chi connectivity index (χ1n) is 12.1. The van der Waals surface area contributed by atoms with Gasteiger partial charge < -0.3 is 16.0 Å². The first-order chi connectivity index (χ1) is 18.0. The predicted octanol–water partition coefficient (Wildman–Crippen LogP) is 5.92. The van der Waals surface area contributed by atoms with Gasteiger partial charge in [0.1, 0.15) is 5.01 Å². The van der Waals surface area contributed by atoms with Gasteiger partial charge in [0.25, 0.3) is 0 Å². The second kappa shape index (κ2) is 11.3. The van der Waals surface area contributed by atoms with Crippen LogP contribution in [-0.2, 0) is 16.6 Å². The summed E-state index contributed by atoms with van der Waals surface area (Å²) in [6, 6.07) is 21.8. The molecule has 2 amide bonds. The monoisotopic (exact) mass is 549 g/mol. The molecule has 0 aliphatic carbocycles. The van der Waals surface area contributed by atoms with Crippen molar-refractivity contribution < 1.29 is 13.2 Å². The fourth-order valence-electron chi connectivity index (χ4n) is 3.75. The molecule has 0 radical (unpaired) electrons. The Labute approximate surface area is 227 Å². The zero-order valence-corrected chi connectivity index (χ0v) is 23.3. The lowest BCUT2D eigenvalue weighted by molar-refractivity contribution is 0.251. The molecule has 1 aromatic heterocycles. The van der Waals surface area contributed by atoms with Crippen molar-refractivity contribution in [3.8, 4) is 21.0 Å². The Morgan fingerprint density at radius 2 is 1.63 bits per heavy atom. The minimum absolute atomic E-state index is 0.0639. The lowest BCUT2D eigenvalue weighted by Gasteiger charge is -2.22. The van der Waals surface area contributed by atoms with Gasteiger partial charge in [-0.15, -0.1) is 11.3 Å². The number of carbonyl (C=O) groups is 1. The highest BCUT2D eigenvalue weighted by Gasteiger charge is 2.26. The van der Waals surface area contributed by atoms with Crippen molar-refractivity contribution in [2.45, 2.75) is 37.8 Å². The van der Waals surface area contributed by atoms with Gasteiger partial charge in [0.05, 0.1) is 9.77 Å². The van der Waals surface area contributed by atoms with Gasteiger partial charge in [-0.3, -0.25) is 0 Å². The van der Waals surface area contributed by atoms with Crippen LogP contribution in [0.1, 0.15) is 26.3 Å². The minimum Gasteiger partial charge on any atom is -0.388 e. The maximum atomic E-state index is 13.5. The quantitative estimate of drug-likeness (QED) is 0.218. The average molecular weight is 550 g/mol. The third-order valence-corrected chi connectivity index (χ3v) is 8.33. The molecular weight excluding hydrogens is 518 g/mol. The van der Waals surface area contributed by atoms with Crippen molar-refractivity contribution >= 4 is 38.8 Å². The van der Waals surface area contributed by atoms with E-state index in [1.807, 2.05) is 61.6 Å². The maximum Gasteiger partial charge on any atom is 0.319 e. The first kappa shape index (κ1) is 27.3. The highest BCUT2D eigenvalue weighted by molar-refractivity contribution is 7.89. The Morgan fingerprint density at radius 3 is 2.29 bits per heavy atom. The summed E-state index contributed by atoms with van der Waals surface area (Å²) in [6.45, 7) is 5.69. The number of urea groups is 1. The standard InChI is InChI=1S/C28H31N5O3S2/c1-28(2,3)33-38(35,36)25-16-22(32-27(34)31-17-19-8-6-5-7-9-19)14-15-23(25)24-18-30-26(37-24)20-10-12-21(29-4)13-11-20/h5-16,18,29,33H,17H2,1-4H3,(H2,31,32,34). The number of benzene rings is 3. The molecule has 0 saturated carbocycles. The van der Waals surface area contributed by atoms with Crippen LogP contribution in [0.4, 0.5) is 16.2 Å². The van der Waals surface area contributed by atoms with Crippen molar-refractivity contribution in [2.24, 2.45) is 0 Å². The molecule has 0 aliphatic rings. The molecule has 1 heterocycles. The van der Waals surface area contributed by atoms with E-state index in [4.69, 9.17) is 0 Å². The Morgan fingerprint density at radius 1 is 0.947 bits per heavy atom. The van der Waals surface area contributed by atoms with Crippen LogP contribution in [0.3, 0.4) is 0 Å². The lowest BCUT2D eigenvalue weighted by atomic mass is 10.1. The van der Waals surface area contributed by atoms with E-state index in [1.165, 1.54) is 17.4 Å². The summed E-state index contributed by atoms with van der Waals surface area (Å²) >= 11 is 1.40. The van der Waals surface area contributed by atoms with E-state index in [1.54, 1.807) is 39.1 Å². The number of aromatic nitrogens is 1. The Balaban J connectivity index is 1.64. The van der Waals surface area contributed by atoms with E-state index < -0.39 is 21.6 Å². The number of thiazole rings is 1. The van der Waals surface area contributed by atoms with E-state index in [0.717, 1.165) is 21.8 Å². The van der Waals surface area contributed by atoms with Crippen molar-refractivity contribution in [1.29, 1.82) is 0 Å². The molecule has 4 rings (SSSR count). The lowest BCUT2D eigenvalue weighted by Crippen LogP contribution is -2.40. The van der Waals surface area contributed by atoms with Gasteiger partial charge >= 0.3 is 6.03 Å². The zero-order valence-electron chi connectivity index (χ0n) is 21.7. The molecule has 0 aliphatic heterocycles. The van der Waals surface area contributed by atoms with Gasteiger partial charge in [-0.05, 0) is 62.7 Å². The van der Waals surface area contributed by atoms with Gasteiger partial charge in [-0.2, -0.15) is 0 Å². The largest absolute Gasteiger partial charge is 0.388 e. The minimum atomic E-state index is -3.93. The number of nitrogens with one attached hydrogen (secondary N) is 4. The van der Waals surface area contributed by atoms with Gasteiger partial charge in [-0.25, -0.2) is 22.9 Å². The molecule has 0 fully saturated rings. The van der Waals surface area contributed by atoms with Crippen LogP contribution in [0.5, 0.6) is 0 Å². The Kier molecular flexibility index (Phi) is 8.15. The number of nitrogens with zero attached hydrogens (tertiary/aromatic N) is 1. The third-order valence-electron chi connectivity index (χ3n) is 5.46. The van der Waals surface area contributed by atoms with Crippen LogP contribution in [0.2, 0.25) is 0 Å².